The van der Waals surface area contributed by atoms with E-state index in [0.29, 0.717) is 34.9 Å². The van der Waals surface area contributed by atoms with Crippen LogP contribution >= 0.6 is 0 Å². The number of rotatable bonds is 6. The Hall–Kier alpha value is -3.93. The topological polar surface area (TPSA) is 72.7 Å². The fourth-order valence-electron chi connectivity index (χ4n) is 3.44. The van der Waals surface area contributed by atoms with Gasteiger partial charge in [-0.3, -0.25) is 9.20 Å². The Balaban J connectivity index is 1.67. The number of fused-ring (bicyclic) bond motifs is 1. The molecule has 32 heavy (non-hydrogen) atoms. The van der Waals surface area contributed by atoms with Gasteiger partial charge in [-0.2, -0.15) is 0 Å². The molecule has 0 saturated heterocycles. The molecule has 6 heteroatoms. The van der Waals surface area contributed by atoms with Crippen molar-refractivity contribution in [3.63, 3.8) is 0 Å². The average Bonchev–Trinajstić information content (AvgIpc) is 3.17. The Morgan fingerprint density at radius 3 is 2.31 bits per heavy atom. The van der Waals surface area contributed by atoms with Crippen LogP contribution in [0.4, 0.5) is 5.69 Å². The molecule has 2 aromatic carbocycles. The molecule has 2 heterocycles. The molecule has 1 N–H and O–H groups in total. The van der Waals surface area contributed by atoms with E-state index in [1.807, 2.05) is 67.8 Å². The molecule has 2 aromatic heterocycles. The maximum absolute atomic E-state index is 13.4. The zero-order chi connectivity index (χ0) is 22.7. The van der Waals surface area contributed by atoms with E-state index in [0.717, 1.165) is 23.1 Å². The minimum atomic E-state index is -0.372. The van der Waals surface area contributed by atoms with Gasteiger partial charge in [-0.05, 0) is 56.2 Å². The Morgan fingerprint density at radius 2 is 1.62 bits per heavy atom. The molecule has 1 amide bonds. The van der Waals surface area contributed by atoms with Crippen molar-refractivity contribution in [1.82, 2.24) is 9.38 Å². The maximum atomic E-state index is 13.4. The molecule has 0 aliphatic rings. The molecule has 0 fully saturated rings. The first kappa shape index (κ1) is 21.3. The highest BCUT2D eigenvalue weighted by molar-refractivity contribution is 6.08. The number of nitrogens with zero attached hydrogens (tertiary/aromatic N) is 2. The summed E-state index contributed by atoms with van der Waals surface area (Å²) >= 11 is 0. The monoisotopic (exact) mass is 427 g/mol. The van der Waals surface area contributed by atoms with Gasteiger partial charge >= 0.3 is 5.97 Å². The number of anilines is 1. The number of nitrogens with one attached hydrogen (secondary N) is 1. The van der Waals surface area contributed by atoms with Crippen LogP contribution in [0.5, 0.6) is 0 Å². The van der Waals surface area contributed by atoms with Gasteiger partial charge in [0, 0.05) is 17.4 Å². The molecular formula is C26H25N3O3. The number of ether oxygens (including phenoxy) is 1. The Kier molecular flexibility index (Phi) is 6.03. The number of amides is 1. The first-order valence-corrected chi connectivity index (χ1v) is 10.6. The normalized spacial score (nSPS) is 10.8. The molecule has 0 spiro atoms. The summed E-state index contributed by atoms with van der Waals surface area (Å²) in [7, 11) is 0. The minimum Gasteiger partial charge on any atom is -0.462 e. The fourth-order valence-corrected chi connectivity index (χ4v) is 3.44. The van der Waals surface area contributed by atoms with Crippen molar-refractivity contribution < 1.29 is 14.3 Å². The lowest BCUT2D eigenvalue weighted by Crippen LogP contribution is -2.16. The van der Waals surface area contributed by atoms with Crippen LogP contribution in [0.3, 0.4) is 0 Å². The van der Waals surface area contributed by atoms with Crippen LogP contribution in [0, 0.1) is 13.8 Å². The van der Waals surface area contributed by atoms with E-state index in [9.17, 15) is 9.59 Å². The molecule has 0 radical (unpaired) electrons. The van der Waals surface area contributed by atoms with Crippen molar-refractivity contribution in [2.45, 2.75) is 27.2 Å². The lowest BCUT2D eigenvalue weighted by atomic mass is 10.1. The van der Waals surface area contributed by atoms with Crippen molar-refractivity contribution in [2.75, 3.05) is 11.9 Å². The molecule has 4 rings (SSSR count). The predicted molar refractivity (Wildman–Crippen MR) is 125 cm³/mol. The molecule has 162 valence electrons. The molecule has 0 atom stereocenters. The van der Waals surface area contributed by atoms with Crippen LogP contribution in [-0.4, -0.2) is 27.9 Å². The summed E-state index contributed by atoms with van der Waals surface area (Å²) in [5.41, 5.74) is 5.83. The molecule has 0 unspecified atom stereocenters. The van der Waals surface area contributed by atoms with Gasteiger partial charge in [-0.15, -0.1) is 0 Å². The van der Waals surface area contributed by atoms with Crippen molar-refractivity contribution >= 4 is 23.2 Å². The second kappa shape index (κ2) is 9.06. The van der Waals surface area contributed by atoms with E-state index in [-0.39, 0.29) is 11.9 Å². The van der Waals surface area contributed by atoms with Crippen LogP contribution in [0.1, 0.15) is 45.3 Å². The van der Waals surface area contributed by atoms with E-state index in [2.05, 4.69) is 5.32 Å². The van der Waals surface area contributed by atoms with Crippen molar-refractivity contribution in [3.8, 4) is 11.3 Å². The number of aryl methyl sites for hydroxylation is 2. The van der Waals surface area contributed by atoms with Gasteiger partial charge in [0.2, 0.25) is 0 Å². The number of hydrogen-bond acceptors (Lipinski definition) is 4. The van der Waals surface area contributed by atoms with E-state index in [1.165, 1.54) is 0 Å². The number of aromatic nitrogens is 2. The van der Waals surface area contributed by atoms with Gasteiger partial charge < -0.3 is 10.1 Å². The van der Waals surface area contributed by atoms with Crippen molar-refractivity contribution in [3.05, 3.63) is 89.2 Å². The van der Waals surface area contributed by atoms with Crippen LogP contribution in [0.2, 0.25) is 0 Å². The summed E-state index contributed by atoms with van der Waals surface area (Å²) in [6, 6.07) is 18.5. The Labute approximate surface area is 186 Å². The van der Waals surface area contributed by atoms with Gasteiger partial charge in [0.25, 0.3) is 5.91 Å². The molecule has 6 nitrogen and oxygen atoms in total. The Morgan fingerprint density at radius 1 is 0.938 bits per heavy atom. The number of benzene rings is 2. The molecule has 4 aromatic rings. The molecule has 0 aliphatic heterocycles. The summed E-state index contributed by atoms with van der Waals surface area (Å²) in [4.78, 5) is 30.1. The summed E-state index contributed by atoms with van der Waals surface area (Å²) in [5.74, 6) is -0.649. The second-order valence-electron chi connectivity index (χ2n) is 7.78. The highest BCUT2D eigenvalue weighted by Gasteiger charge is 2.21. The largest absolute Gasteiger partial charge is 0.462 e. The highest BCUT2D eigenvalue weighted by atomic mass is 16.5. The summed E-state index contributed by atoms with van der Waals surface area (Å²) in [5, 5.41) is 2.93. The number of esters is 1. The van der Waals surface area contributed by atoms with Crippen LogP contribution in [0.15, 0.2) is 66.9 Å². The lowest BCUT2D eigenvalue weighted by molar-refractivity contribution is 0.0505. The third-order valence-corrected chi connectivity index (χ3v) is 5.12. The number of carbonyl (C=O) groups excluding carboxylic acids is 2. The van der Waals surface area contributed by atoms with Gasteiger partial charge in [-0.1, -0.05) is 42.8 Å². The first-order valence-electron chi connectivity index (χ1n) is 10.6. The second-order valence-corrected chi connectivity index (χ2v) is 7.78. The fraction of sp³-hybridized carbons (Fsp3) is 0.192. The van der Waals surface area contributed by atoms with Crippen molar-refractivity contribution in [1.29, 1.82) is 0 Å². The number of imidazole rings is 1. The summed E-state index contributed by atoms with van der Waals surface area (Å²) in [6.07, 6.45) is 2.67. The quantitative estimate of drug-likeness (QED) is 0.416. The standard InChI is InChI=1S/C26H25N3O3/c1-4-15-32-26(31)20-10-12-21(13-11-20)27-25(30)24-23(19-8-5-17(2)6-9-19)28-22-14-7-18(3)16-29(22)24/h5-14,16H,4,15H2,1-3H3,(H,27,30). The first-order chi connectivity index (χ1) is 15.5. The van der Waals surface area contributed by atoms with Gasteiger partial charge in [0.15, 0.2) is 0 Å². The van der Waals surface area contributed by atoms with Crippen LogP contribution < -0.4 is 5.32 Å². The van der Waals surface area contributed by atoms with Crippen LogP contribution in [-0.2, 0) is 4.74 Å². The van der Waals surface area contributed by atoms with E-state index in [4.69, 9.17) is 9.72 Å². The smallest absolute Gasteiger partial charge is 0.338 e. The van der Waals surface area contributed by atoms with E-state index < -0.39 is 0 Å². The van der Waals surface area contributed by atoms with Gasteiger partial charge in [-0.25, -0.2) is 9.78 Å². The molecular weight excluding hydrogens is 402 g/mol. The molecule has 0 saturated carbocycles. The minimum absolute atomic E-state index is 0.278. The lowest BCUT2D eigenvalue weighted by Gasteiger charge is -2.09. The zero-order valence-electron chi connectivity index (χ0n) is 18.4. The maximum Gasteiger partial charge on any atom is 0.338 e. The van der Waals surface area contributed by atoms with Gasteiger partial charge in [0.1, 0.15) is 17.0 Å². The summed E-state index contributed by atoms with van der Waals surface area (Å²) < 4.78 is 6.97. The predicted octanol–water partition coefficient (Wildman–Crippen LogP) is 5.44. The number of carbonyl (C=O) groups is 2. The third-order valence-electron chi connectivity index (χ3n) is 5.12. The van der Waals surface area contributed by atoms with E-state index in [1.54, 1.807) is 24.3 Å². The number of hydrogen-bond donors (Lipinski definition) is 1. The zero-order valence-corrected chi connectivity index (χ0v) is 18.4. The van der Waals surface area contributed by atoms with Crippen molar-refractivity contribution in [2.24, 2.45) is 0 Å². The SMILES string of the molecule is CCCOC(=O)c1ccc(NC(=O)c2c(-c3ccc(C)cc3)nc3ccc(C)cn23)cc1. The highest BCUT2D eigenvalue weighted by Crippen LogP contribution is 2.26. The Bertz CT molecular complexity index is 1270. The third kappa shape index (κ3) is 4.39. The molecule has 0 bridgehead atoms. The summed E-state index contributed by atoms with van der Waals surface area (Å²) in [6.45, 7) is 6.32. The molecule has 0 aliphatic carbocycles. The van der Waals surface area contributed by atoms with Crippen LogP contribution in [0.25, 0.3) is 16.9 Å². The average molecular weight is 428 g/mol. The number of pyridine rings is 1. The van der Waals surface area contributed by atoms with Gasteiger partial charge in [0.05, 0.1) is 12.2 Å². The van der Waals surface area contributed by atoms with E-state index >= 15 is 0 Å².